The molecule has 0 amide bonds. The van der Waals surface area contributed by atoms with Gasteiger partial charge in [-0.05, 0) is 42.0 Å². The minimum absolute atomic E-state index is 0.0147. The molecule has 2 heterocycles. The van der Waals surface area contributed by atoms with E-state index in [0.717, 1.165) is 24.0 Å². The topological polar surface area (TPSA) is 146 Å². The third kappa shape index (κ3) is 6.33. The minimum atomic E-state index is -3.85. The number of benzene rings is 3. The molecule has 5 rings (SSSR count). The largest absolute Gasteiger partial charge is 0.492 e. The number of oxazole rings is 1. The van der Waals surface area contributed by atoms with Gasteiger partial charge < -0.3 is 23.8 Å². The van der Waals surface area contributed by atoms with Crippen molar-refractivity contribution < 1.29 is 32.3 Å². The quantitative estimate of drug-likeness (QED) is 0.153. The van der Waals surface area contributed by atoms with Gasteiger partial charge in [-0.25, -0.2) is 18.5 Å². The van der Waals surface area contributed by atoms with Crippen molar-refractivity contribution in [3.05, 3.63) is 90.3 Å². The number of primary sulfonamides is 1. The van der Waals surface area contributed by atoms with Gasteiger partial charge in [0, 0.05) is 44.3 Å². The number of hydrogen-bond acceptors (Lipinski definition) is 9. The van der Waals surface area contributed by atoms with Gasteiger partial charge in [0.25, 0.3) is 0 Å². The third-order valence-corrected chi connectivity index (χ3v) is 8.11. The van der Waals surface area contributed by atoms with Crippen LogP contribution in [0.1, 0.15) is 30.2 Å². The predicted molar refractivity (Wildman–Crippen MR) is 152 cm³/mol. The molecule has 11 heteroatoms. The second-order valence-electron chi connectivity index (χ2n) is 9.69. The van der Waals surface area contributed by atoms with E-state index in [4.69, 9.17) is 28.8 Å². The molecule has 0 spiro atoms. The van der Waals surface area contributed by atoms with E-state index in [1.807, 2.05) is 54.6 Å². The van der Waals surface area contributed by atoms with Gasteiger partial charge in [0.05, 0.1) is 16.7 Å². The van der Waals surface area contributed by atoms with Gasteiger partial charge in [-0.2, -0.15) is 0 Å². The Hall–Kier alpha value is -4.03. The summed E-state index contributed by atoms with van der Waals surface area (Å²) in [5, 5.41) is 17.9. The molecule has 10 nitrogen and oxygen atoms in total. The standard InChI is InChI=1S/C30H31N3O7S/c1-37-30(14-16-38-17-15-30)24-8-5-9-25(18-24)39-20-23(19-32-34)29-33-27(21-6-3-2-4-7-21)28(40-29)22-10-12-26(13-11-22)41(31,35)36/h2-13,18-19,23,34H,14-17,20H2,1H3,(H2,31,35,36)/b32-19-. The molecule has 0 aliphatic carbocycles. The molecule has 0 saturated carbocycles. The van der Waals surface area contributed by atoms with Gasteiger partial charge >= 0.3 is 0 Å². The summed E-state index contributed by atoms with van der Waals surface area (Å²) >= 11 is 0. The van der Waals surface area contributed by atoms with E-state index < -0.39 is 21.5 Å². The van der Waals surface area contributed by atoms with E-state index >= 15 is 0 Å². The maximum absolute atomic E-state index is 11.7. The zero-order chi connectivity index (χ0) is 28.9. The fourth-order valence-electron chi connectivity index (χ4n) is 4.90. The minimum Gasteiger partial charge on any atom is -0.492 e. The van der Waals surface area contributed by atoms with E-state index in [1.54, 1.807) is 19.2 Å². The molecule has 1 unspecified atom stereocenters. The lowest BCUT2D eigenvalue weighted by atomic mass is 9.86. The number of methoxy groups -OCH3 is 1. The van der Waals surface area contributed by atoms with Crippen LogP contribution in [0, 0.1) is 0 Å². The van der Waals surface area contributed by atoms with Crippen LogP contribution in [0.4, 0.5) is 0 Å². The molecule has 1 aliphatic heterocycles. The Morgan fingerprint density at radius 1 is 1.05 bits per heavy atom. The van der Waals surface area contributed by atoms with E-state index in [-0.39, 0.29) is 17.4 Å². The normalized spacial score (nSPS) is 16.0. The molecule has 214 valence electrons. The first-order valence-electron chi connectivity index (χ1n) is 13.1. The number of ether oxygens (including phenoxy) is 3. The molecule has 41 heavy (non-hydrogen) atoms. The van der Waals surface area contributed by atoms with Gasteiger partial charge in [-0.1, -0.05) is 42.5 Å². The first kappa shape index (κ1) is 28.5. The zero-order valence-corrected chi connectivity index (χ0v) is 23.3. The molecule has 3 N–H and O–H groups in total. The maximum Gasteiger partial charge on any atom is 0.238 e. The van der Waals surface area contributed by atoms with E-state index in [9.17, 15) is 13.6 Å². The zero-order valence-electron chi connectivity index (χ0n) is 22.5. The van der Waals surface area contributed by atoms with Crippen molar-refractivity contribution in [1.29, 1.82) is 0 Å². The molecule has 1 saturated heterocycles. The highest BCUT2D eigenvalue weighted by Gasteiger charge is 2.34. The highest BCUT2D eigenvalue weighted by Crippen LogP contribution is 2.38. The summed E-state index contributed by atoms with van der Waals surface area (Å²) in [4.78, 5) is 4.73. The first-order chi connectivity index (χ1) is 19.8. The predicted octanol–water partition coefficient (Wildman–Crippen LogP) is 4.93. The van der Waals surface area contributed by atoms with Crippen LogP contribution in [0.2, 0.25) is 0 Å². The Kier molecular flexibility index (Phi) is 8.50. The van der Waals surface area contributed by atoms with Crippen LogP contribution < -0.4 is 9.88 Å². The van der Waals surface area contributed by atoms with Gasteiger partial charge in [-0.3, -0.25) is 0 Å². The number of oxime groups is 1. The van der Waals surface area contributed by atoms with Crippen LogP contribution >= 0.6 is 0 Å². The van der Waals surface area contributed by atoms with Crippen molar-refractivity contribution in [1.82, 2.24) is 4.98 Å². The average molecular weight is 578 g/mol. The Bertz CT molecular complexity index is 1600. The van der Waals surface area contributed by atoms with Crippen LogP contribution in [0.15, 0.2) is 93.3 Å². The summed E-state index contributed by atoms with van der Waals surface area (Å²) in [6.45, 7) is 1.32. The average Bonchev–Trinajstić information content (AvgIpc) is 3.45. The Morgan fingerprint density at radius 2 is 1.78 bits per heavy atom. The summed E-state index contributed by atoms with van der Waals surface area (Å²) in [6, 6.07) is 23.2. The lowest BCUT2D eigenvalue weighted by Crippen LogP contribution is -2.35. The summed E-state index contributed by atoms with van der Waals surface area (Å²) in [7, 11) is -2.14. The van der Waals surface area contributed by atoms with Crippen molar-refractivity contribution in [2.24, 2.45) is 10.3 Å². The maximum atomic E-state index is 11.7. The monoisotopic (exact) mass is 577 g/mol. The summed E-state index contributed by atoms with van der Waals surface area (Å²) < 4.78 is 47.3. The number of nitrogens with two attached hydrogens (primary N) is 1. The first-order valence-corrected chi connectivity index (χ1v) is 14.6. The molecular weight excluding hydrogens is 546 g/mol. The van der Waals surface area contributed by atoms with E-state index in [2.05, 4.69) is 5.16 Å². The van der Waals surface area contributed by atoms with Crippen LogP contribution in [0.5, 0.6) is 5.75 Å². The molecular formula is C30H31N3O7S. The van der Waals surface area contributed by atoms with E-state index in [0.29, 0.717) is 36.0 Å². The number of rotatable bonds is 10. The number of sulfonamides is 1. The summed E-state index contributed by atoms with van der Waals surface area (Å²) in [5.41, 5.74) is 2.50. The van der Waals surface area contributed by atoms with Gasteiger partial charge in [0.2, 0.25) is 15.9 Å². The second kappa shape index (κ2) is 12.2. The fraction of sp³-hybridized carbons (Fsp3) is 0.267. The molecule has 4 aromatic rings. The summed E-state index contributed by atoms with van der Waals surface area (Å²) in [5.74, 6) is 0.673. The van der Waals surface area contributed by atoms with Gasteiger partial charge in [0.1, 0.15) is 24.0 Å². The molecule has 0 radical (unpaired) electrons. The molecule has 3 aromatic carbocycles. The number of nitrogens with zero attached hydrogens (tertiary/aromatic N) is 2. The molecule has 1 atom stereocenters. The Balaban J connectivity index is 1.45. The molecule has 0 bridgehead atoms. The van der Waals surface area contributed by atoms with Crippen molar-refractivity contribution in [3.8, 4) is 28.3 Å². The smallest absolute Gasteiger partial charge is 0.238 e. The number of aromatic nitrogens is 1. The van der Waals surface area contributed by atoms with Crippen molar-refractivity contribution in [2.45, 2.75) is 29.3 Å². The second-order valence-corrected chi connectivity index (χ2v) is 11.2. The van der Waals surface area contributed by atoms with Crippen LogP contribution in [-0.4, -0.2) is 51.8 Å². The van der Waals surface area contributed by atoms with Crippen molar-refractivity contribution in [3.63, 3.8) is 0 Å². The Morgan fingerprint density at radius 3 is 2.44 bits per heavy atom. The SMILES string of the molecule is COC1(c2cccc(OCC(/C=N\O)c3nc(-c4ccccc4)c(-c4ccc(S(N)(=O)=O)cc4)o3)c2)CCOCC1. The van der Waals surface area contributed by atoms with Crippen molar-refractivity contribution in [2.75, 3.05) is 26.9 Å². The molecule has 1 aromatic heterocycles. The van der Waals surface area contributed by atoms with Crippen LogP contribution in [0.3, 0.4) is 0 Å². The highest BCUT2D eigenvalue weighted by molar-refractivity contribution is 7.89. The third-order valence-electron chi connectivity index (χ3n) is 7.18. The van der Waals surface area contributed by atoms with Crippen molar-refractivity contribution >= 4 is 16.2 Å². The number of hydrogen-bond donors (Lipinski definition) is 2. The van der Waals surface area contributed by atoms with Crippen LogP contribution in [-0.2, 0) is 25.1 Å². The molecule has 1 aliphatic rings. The van der Waals surface area contributed by atoms with E-state index in [1.165, 1.54) is 18.3 Å². The lowest BCUT2D eigenvalue weighted by Gasteiger charge is -2.36. The van der Waals surface area contributed by atoms with Gasteiger partial charge in [-0.15, -0.1) is 5.16 Å². The van der Waals surface area contributed by atoms with Gasteiger partial charge in [0.15, 0.2) is 5.76 Å². The fourth-order valence-corrected chi connectivity index (χ4v) is 5.42. The highest BCUT2D eigenvalue weighted by atomic mass is 32.2. The van der Waals surface area contributed by atoms with Crippen LogP contribution in [0.25, 0.3) is 22.6 Å². The molecule has 1 fully saturated rings. The lowest BCUT2D eigenvalue weighted by molar-refractivity contribution is -0.0948. The summed E-state index contributed by atoms with van der Waals surface area (Å²) in [6.07, 6.45) is 2.78. The Labute approximate surface area is 238 Å².